The number of carbonyl (C=O) groups excluding carboxylic acids is 1. The van der Waals surface area contributed by atoms with Gasteiger partial charge in [0.25, 0.3) is 0 Å². The van der Waals surface area contributed by atoms with Gasteiger partial charge in [0.05, 0.1) is 23.6 Å². The summed E-state index contributed by atoms with van der Waals surface area (Å²) < 4.78 is 24.3. The van der Waals surface area contributed by atoms with Crippen LogP contribution in [0.5, 0.6) is 5.88 Å². The normalized spacial score (nSPS) is 19.8. The van der Waals surface area contributed by atoms with Crippen LogP contribution >= 0.6 is 0 Å². The average Bonchev–Trinajstić information content (AvgIpc) is 3.33. The maximum atomic E-state index is 13.6. The zero-order valence-electron chi connectivity index (χ0n) is 29.6. The highest BCUT2D eigenvalue weighted by atomic mass is 28.4. The third-order valence-corrected chi connectivity index (χ3v) is 13.7. The molecule has 1 fully saturated rings. The van der Waals surface area contributed by atoms with E-state index in [0.29, 0.717) is 54.2 Å². The van der Waals surface area contributed by atoms with Crippen molar-refractivity contribution >= 4 is 31.7 Å². The first kappa shape index (κ1) is 35.3. The molecule has 256 valence electrons. The molecule has 5 rings (SSSR count). The number of fused-ring (bicyclic) bond motifs is 1. The van der Waals surface area contributed by atoms with Crippen molar-refractivity contribution in [1.29, 1.82) is 5.26 Å². The van der Waals surface area contributed by atoms with E-state index < -0.39 is 25.4 Å². The van der Waals surface area contributed by atoms with Crippen molar-refractivity contribution in [1.82, 2.24) is 15.0 Å². The van der Waals surface area contributed by atoms with Gasteiger partial charge in [-0.05, 0) is 87.6 Å². The molecule has 2 aliphatic rings. The summed E-state index contributed by atoms with van der Waals surface area (Å²) in [5, 5.41) is 13.7. The molecule has 11 nitrogen and oxygen atoms in total. The molecule has 0 unspecified atom stereocenters. The smallest absolute Gasteiger partial charge is 0.414 e. The lowest BCUT2D eigenvalue weighted by atomic mass is 9.83. The van der Waals surface area contributed by atoms with Gasteiger partial charge in [-0.15, -0.1) is 0 Å². The van der Waals surface area contributed by atoms with Gasteiger partial charge in [0.1, 0.15) is 23.5 Å². The lowest BCUT2D eigenvalue weighted by molar-refractivity contribution is 0.00585. The fraction of sp³-hybridized carbons (Fsp3) is 0.528. The molecule has 0 radical (unpaired) electrons. The average molecular weight is 673 g/mol. The molecule has 1 amide bonds. The first-order valence-electron chi connectivity index (χ1n) is 16.5. The molecule has 0 saturated carbocycles. The largest absolute Gasteiger partial charge is 0.470 e. The topological polar surface area (TPSA) is 132 Å². The van der Waals surface area contributed by atoms with Gasteiger partial charge in [-0.3, -0.25) is 4.90 Å². The number of nitrogens with one attached hydrogen (secondary N) is 1. The van der Waals surface area contributed by atoms with Gasteiger partial charge in [0.2, 0.25) is 11.8 Å². The Labute approximate surface area is 285 Å². The molecule has 2 atom stereocenters. The summed E-state index contributed by atoms with van der Waals surface area (Å²) >= 11 is 0. The molecule has 0 spiro atoms. The Kier molecular flexibility index (Phi) is 9.88. The van der Waals surface area contributed by atoms with E-state index in [1.54, 1.807) is 29.4 Å². The summed E-state index contributed by atoms with van der Waals surface area (Å²) in [4.78, 5) is 28.9. The van der Waals surface area contributed by atoms with Crippen LogP contribution in [-0.4, -0.2) is 67.4 Å². The van der Waals surface area contributed by atoms with Crippen molar-refractivity contribution in [2.24, 2.45) is 0 Å². The maximum absolute atomic E-state index is 13.6. The van der Waals surface area contributed by atoms with E-state index in [-0.39, 0.29) is 11.1 Å². The second kappa shape index (κ2) is 13.5. The van der Waals surface area contributed by atoms with Crippen LogP contribution in [0, 0.1) is 11.3 Å². The molecule has 12 heteroatoms. The van der Waals surface area contributed by atoms with Crippen LogP contribution in [0.2, 0.25) is 18.1 Å². The van der Waals surface area contributed by atoms with Crippen molar-refractivity contribution in [2.45, 2.75) is 96.6 Å². The van der Waals surface area contributed by atoms with Crippen molar-refractivity contribution in [3.05, 3.63) is 53.9 Å². The predicted octanol–water partition coefficient (Wildman–Crippen LogP) is 7.75. The number of hydrogen-bond donors (Lipinski definition) is 1. The van der Waals surface area contributed by atoms with Gasteiger partial charge in [0.15, 0.2) is 8.32 Å². The summed E-state index contributed by atoms with van der Waals surface area (Å²) in [7, 11) is -2.14. The van der Waals surface area contributed by atoms with E-state index in [0.717, 1.165) is 30.6 Å². The van der Waals surface area contributed by atoms with E-state index in [1.165, 1.54) is 0 Å². The van der Waals surface area contributed by atoms with Gasteiger partial charge < -0.3 is 24.0 Å². The number of ether oxygens (including phenoxy) is 3. The summed E-state index contributed by atoms with van der Waals surface area (Å²) in [6.45, 7) is 20.6. The quantitative estimate of drug-likeness (QED) is 0.237. The zero-order valence-corrected chi connectivity index (χ0v) is 30.6. The standard InChI is InChI=1S/C36H48N6O5Si/c1-34(2,3)47-33(43)42-22-36(7,23-45-48(8,9)35(4,5)6)27-19-24(18-25(20-37)30(27)42)28-14-16-39-32(40-28)41-29-13-10-15-38-31(29)46-26-12-11-17-44-21-26/h10,13-16,18-19,26H,11-12,17,21-23H2,1-9H3,(H,39,40,41)/t26-,36+/m0/s1. The molecule has 0 bridgehead atoms. The van der Waals surface area contributed by atoms with Crippen LogP contribution in [0.25, 0.3) is 11.3 Å². The number of nitrogens with zero attached hydrogens (tertiary/aromatic N) is 5. The van der Waals surface area contributed by atoms with Crippen LogP contribution < -0.4 is 15.0 Å². The fourth-order valence-electron chi connectivity index (χ4n) is 5.53. The lowest BCUT2D eigenvalue weighted by Crippen LogP contribution is -2.46. The minimum Gasteiger partial charge on any atom is -0.470 e. The van der Waals surface area contributed by atoms with Gasteiger partial charge in [0, 0.05) is 43.1 Å². The number of pyridine rings is 1. The molecular weight excluding hydrogens is 625 g/mol. The monoisotopic (exact) mass is 672 g/mol. The minimum absolute atomic E-state index is 0.00300. The molecule has 4 heterocycles. The third-order valence-electron chi connectivity index (χ3n) is 9.20. The van der Waals surface area contributed by atoms with Crippen molar-refractivity contribution in [3.63, 3.8) is 0 Å². The molecule has 48 heavy (non-hydrogen) atoms. The Balaban J connectivity index is 1.51. The van der Waals surface area contributed by atoms with Crippen LogP contribution in [-0.2, 0) is 19.3 Å². The fourth-order valence-corrected chi connectivity index (χ4v) is 6.64. The number of rotatable bonds is 8. The van der Waals surface area contributed by atoms with Crippen LogP contribution in [0.1, 0.15) is 72.4 Å². The predicted molar refractivity (Wildman–Crippen MR) is 188 cm³/mol. The number of aromatic nitrogens is 3. The molecule has 1 saturated heterocycles. The first-order valence-corrected chi connectivity index (χ1v) is 19.4. The summed E-state index contributed by atoms with van der Waals surface area (Å²) in [6, 6.07) is 11.6. The highest BCUT2D eigenvalue weighted by Crippen LogP contribution is 2.47. The summed E-state index contributed by atoms with van der Waals surface area (Å²) in [6.07, 6.45) is 4.62. The van der Waals surface area contributed by atoms with Crippen molar-refractivity contribution in [3.8, 4) is 23.2 Å². The molecular formula is C36H48N6O5Si. The van der Waals surface area contributed by atoms with E-state index in [4.69, 9.17) is 23.6 Å². The number of nitriles is 1. The van der Waals surface area contributed by atoms with Gasteiger partial charge >= 0.3 is 6.09 Å². The number of carbonyl (C=O) groups is 1. The number of hydrogen-bond acceptors (Lipinski definition) is 10. The summed E-state index contributed by atoms with van der Waals surface area (Å²) in [5.74, 6) is 0.801. The van der Waals surface area contributed by atoms with Crippen molar-refractivity contribution in [2.75, 3.05) is 36.6 Å². The minimum atomic E-state index is -2.14. The van der Waals surface area contributed by atoms with E-state index in [1.807, 2.05) is 39.0 Å². The van der Waals surface area contributed by atoms with Gasteiger partial charge in [-0.1, -0.05) is 27.7 Å². The van der Waals surface area contributed by atoms with Crippen LogP contribution in [0.15, 0.2) is 42.7 Å². The third kappa shape index (κ3) is 7.80. The Morgan fingerprint density at radius 3 is 2.60 bits per heavy atom. The molecule has 3 aromatic rings. The van der Waals surface area contributed by atoms with Gasteiger partial charge in [-0.2, -0.15) is 5.26 Å². The van der Waals surface area contributed by atoms with Crippen molar-refractivity contribution < 1.29 is 23.4 Å². The SMILES string of the molecule is CC(C)(C)OC(=O)N1C[C@](C)(CO[Si](C)(C)C(C)(C)C)c2cc(-c3ccnc(Nc4cccnc4O[C@H]4CCCOC4)n3)cc(C#N)c21. The van der Waals surface area contributed by atoms with E-state index >= 15 is 0 Å². The van der Waals surface area contributed by atoms with Gasteiger partial charge in [-0.25, -0.2) is 19.7 Å². The lowest BCUT2D eigenvalue weighted by Gasteiger charge is -2.39. The van der Waals surface area contributed by atoms with Crippen LogP contribution in [0.4, 0.5) is 22.1 Å². The van der Waals surface area contributed by atoms with Crippen LogP contribution in [0.3, 0.4) is 0 Å². The molecule has 1 N–H and O–H groups in total. The highest BCUT2D eigenvalue weighted by molar-refractivity contribution is 6.74. The molecule has 0 aliphatic carbocycles. The maximum Gasteiger partial charge on any atom is 0.414 e. The van der Waals surface area contributed by atoms with E-state index in [9.17, 15) is 10.1 Å². The number of benzene rings is 1. The van der Waals surface area contributed by atoms with E-state index in [2.05, 4.69) is 62.1 Å². The second-order valence-corrected chi connectivity index (χ2v) is 20.2. The molecule has 2 aromatic heterocycles. The Hall–Kier alpha value is -4.05. The number of anilines is 3. The Morgan fingerprint density at radius 2 is 1.94 bits per heavy atom. The highest BCUT2D eigenvalue weighted by Gasteiger charge is 2.47. The molecule has 2 aliphatic heterocycles. The Morgan fingerprint density at radius 1 is 1.17 bits per heavy atom. The Bertz CT molecular complexity index is 1690. The number of amides is 1. The first-order chi connectivity index (χ1) is 22.5. The summed E-state index contributed by atoms with van der Waals surface area (Å²) in [5.41, 5.74) is 2.41. The zero-order chi connectivity index (χ0) is 34.9. The molecule has 1 aromatic carbocycles. The second-order valence-electron chi connectivity index (χ2n) is 15.4.